The van der Waals surface area contributed by atoms with Crippen molar-refractivity contribution in [1.29, 1.82) is 0 Å². The molecule has 20 heavy (non-hydrogen) atoms. The van der Waals surface area contributed by atoms with Crippen molar-refractivity contribution in [2.45, 2.75) is 6.23 Å². The lowest BCUT2D eigenvalue weighted by molar-refractivity contribution is 0.0933. The summed E-state index contributed by atoms with van der Waals surface area (Å²) < 4.78 is 27.3. The highest BCUT2D eigenvalue weighted by atomic mass is 35.5. The molecular formula is C14H8ClF2NO2. The predicted octanol–water partition coefficient (Wildman–Crippen LogP) is 3.27. The van der Waals surface area contributed by atoms with Gasteiger partial charge in [-0.3, -0.25) is 9.69 Å². The molecule has 0 aliphatic carbocycles. The molecule has 0 spiro atoms. The molecule has 1 amide bonds. The molecule has 0 saturated carbocycles. The lowest BCUT2D eigenvalue weighted by Gasteiger charge is -2.21. The van der Waals surface area contributed by atoms with Gasteiger partial charge in [-0.1, -0.05) is 29.8 Å². The highest BCUT2D eigenvalue weighted by Gasteiger charge is 2.38. The standard InChI is InChI=1S/C14H8ClF2NO2/c15-7-5-10(16)12(17)11(6-7)18-13(19)8-3-1-2-4-9(8)14(18)20/h1-6,13,19H. The van der Waals surface area contributed by atoms with Crippen molar-refractivity contribution in [3.8, 4) is 0 Å². The van der Waals surface area contributed by atoms with Crippen LogP contribution in [0.15, 0.2) is 36.4 Å². The topological polar surface area (TPSA) is 40.5 Å². The minimum atomic E-state index is -1.37. The van der Waals surface area contributed by atoms with E-state index in [4.69, 9.17) is 11.6 Å². The first-order valence-corrected chi connectivity index (χ1v) is 6.13. The average molecular weight is 296 g/mol. The zero-order valence-corrected chi connectivity index (χ0v) is 10.7. The number of aliphatic hydroxyl groups is 1. The van der Waals surface area contributed by atoms with Gasteiger partial charge in [0.05, 0.1) is 5.69 Å². The van der Waals surface area contributed by atoms with Crippen molar-refractivity contribution in [1.82, 2.24) is 0 Å². The van der Waals surface area contributed by atoms with Crippen molar-refractivity contribution in [3.63, 3.8) is 0 Å². The van der Waals surface area contributed by atoms with Crippen LogP contribution in [0.1, 0.15) is 22.1 Å². The van der Waals surface area contributed by atoms with Crippen LogP contribution in [0.3, 0.4) is 0 Å². The van der Waals surface area contributed by atoms with Crippen LogP contribution in [-0.4, -0.2) is 11.0 Å². The van der Waals surface area contributed by atoms with Gasteiger partial charge in [0, 0.05) is 16.1 Å². The molecule has 1 atom stereocenters. The van der Waals surface area contributed by atoms with Crippen LogP contribution in [0, 0.1) is 11.6 Å². The van der Waals surface area contributed by atoms with Crippen molar-refractivity contribution in [3.05, 3.63) is 64.2 Å². The number of anilines is 1. The Labute approximate surface area is 118 Å². The summed E-state index contributed by atoms with van der Waals surface area (Å²) in [4.78, 5) is 13.0. The summed E-state index contributed by atoms with van der Waals surface area (Å²) in [5.74, 6) is -3.01. The third-order valence-electron chi connectivity index (χ3n) is 3.17. The number of benzene rings is 2. The molecule has 2 aromatic carbocycles. The van der Waals surface area contributed by atoms with Crippen LogP contribution in [0.2, 0.25) is 5.02 Å². The first kappa shape index (κ1) is 13.0. The lowest BCUT2D eigenvalue weighted by atomic mass is 10.1. The molecule has 1 unspecified atom stereocenters. The van der Waals surface area contributed by atoms with Gasteiger partial charge in [-0.05, 0) is 18.2 Å². The van der Waals surface area contributed by atoms with Crippen molar-refractivity contribution < 1.29 is 18.7 Å². The van der Waals surface area contributed by atoms with E-state index in [0.29, 0.717) is 5.56 Å². The molecule has 3 nitrogen and oxygen atoms in total. The van der Waals surface area contributed by atoms with Crippen LogP contribution in [0.5, 0.6) is 0 Å². The van der Waals surface area contributed by atoms with Gasteiger partial charge in [-0.25, -0.2) is 8.78 Å². The van der Waals surface area contributed by atoms with Gasteiger partial charge < -0.3 is 5.11 Å². The SMILES string of the molecule is O=C1c2ccccc2C(O)N1c1cc(Cl)cc(F)c1F. The van der Waals surface area contributed by atoms with Crippen LogP contribution in [0.25, 0.3) is 0 Å². The van der Waals surface area contributed by atoms with E-state index in [9.17, 15) is 18.7 Å². The van der Waals surface area contributed by atoms with E-state index in [-0.39, 0.29) is 16.3 Å². The molecule has 0 bridgehead atoms. The average Bonchev–Trinajstić information content (AvgIpc) is 2.67. The molecular weight excluding hydrogens is 288 g/mol. The molecule has 0 fully saturated rings. The highest BCUT2D eigenvalue weighted by molar-refractivity contribution is 6.31. The van der Waals surface area contributed by atoms with Crippen LogP contribution in [0.4, 0.5) is 14.5 Å². The third-order valence-corrected chi connectivity index (χ3v) is 3.38. The maximum absolute atomic E-state index is 13.9. The van der Waals surface area contributed by atoms with Crippen molar-refractivity contribution in [2.75, 3.05) is 4.90 Å². The Balaban J connectivity index is 2.16. The first-order chi connectivity index (χ1) is 9.50. The quantitative estimate of drug-likeness (QED) is 0.820. The smallest absolute Gasteiger partial charge is 0.261 e. The maximum atomic E-state index is 13.9. The van der Waals surface area contributed by atoms with Crippen LogP contribution < -0.4 is 4.90 Å². The Hall–Kier alpha value is -1.98. The number of carbonyl (C=O) groups excluding carboxylic acids is 1. The second-order valence-corrected chi connectivity index (χ2v) is 4.79. The summed E-state index contributed by atoms with van der Waals surface area (Å²) >= 11 is 5.68. The summed E-state index contributed by atoms with van der Waals surface area (Å²) in [5, 5.41) is 10.1. The number of halogens is 3. The Bertz CT molecular complexity index is 720. The minimum Gasteiger partial charge on any atom is -0.369 e. The molecule has 1 heterocycles. The Morgan fingerprint density at radius 2 is 1.90 bits per heavy atom. The molecule has 3 rings (SSSR count). The van der Waals surface area contributed by atoms with Crippen molar-refractivity contribution in [2.24, 2.45) is 0 Å². The number of hydrogen-bond donors (Lipinski definition) is 1. The molecule has 0 radical (unpaired) electrons. The van der Waals surface area contributed by atoms with E-state index >= 15 is 0 Å². The minimum absolute atomic E-state index is 0.0603. The molecule has 0 aromatic heterocycles. The summed E-state index contributed by atoms with van der Waals surface area (Å²) in [5.41, 5.74) is 0.209. The molecule has 1 aliphatic heterocycles. The molecule has 0 saturated heterocycles. The zero-order chi connectivity index (χ0) is 14.4. The summed E-state index contributed by atoms with van der Waals surface area (Å²) in [7, 11) is 0. The van der Waals surface area contributed by atoms with Gasteiger partial charge in [-0.15, -0.1) is 0 Å². The largest absolute Gasteiger partial charge is 0.369 e. The number of nitrogens with zero attached hydrogens (tertiary/aromatic N) is 1. The van der Waals surface area contributed by atoms with Crippen molar-refractivity contribution >= 4 is 23.2 Å². The molecule has 1 aliphatic rings. The molecule has 6 heteroatoms. The lowest BCUT2D eigenvalue weighted by Crippen LogP contribution is -2.28. The van der Waals surface area contributed by atoms with E-state index in [0.717, 1.165) is 17.0 Å². The van der Waals surface area contributed by atoms with E-state index in [1.165, 1.54) is 6.07 Å². The maximum Gasteiger partial charge on any atom is 0.261 e. The Morgan fingerprint density at radius 3 is 2.60 bits per heavy atom. The van der Waals surface area contributed by atoms with Gasteiger partial charge in [0.25, 0.3) is 5.91 Å². The van der Waals surface area contributed by atoms with E-state index < -0.39 is 23.8 Å². The normalized spacial score (nSPS) is 17.5. The number of fused-ring (bicyclic) bond motifs is 1. The van der Waals surface area contributed by atoms with Gasteiger partial charge in [0.15, 0.2) is 17.9 Å². The fraction of sp³-hybridized carbons (Fsp3) is 0.0714. The summed E-state index contributed by atoms with van der Waals surface area (Å²) in [6.07, 6.45) is -1.37. The number of carbonyl (C=O) groups is 1. The predicted molar refractivity (Wildman–Crippen MR) is 69.6 cm³/mol. The number of hydrogen-bond acceptors (Lipinski definition) is 2. The van der Waals surface area contributed by atoms with E-state index in [2.05, 4.69) is 0 Å². The van der Waals surface area contributed by atoms with Gasteiger partial charge in [-0.2, -0.15) is 0 Å². The van der Waals surface area contributed by atoms with Gasteiger partial charge in [0.2, 0.25) is 0 Å². The summed E-state index contributed by atoms with van der Waals surface area (Å²) in [6, 6.07) is 8.25. The molecule has 2 aromatic rings. The van der Waals surface area contributed by atoms with Gasteiger partial charge >= 0.3 is 0 Å². The van der Waals surface area contributed by atoms with E-state index in [1.807, 2.05) is 0 Å². The second kappa shape index (κ2) is 4.54. The second-order valence-electron chi connectivity index (χ2n) is 4.36. The van der Waals surface area contributed by atoms with E-state index in [1.54, 1.807) is 18.2 Å². The van der Waals surface area contributed by atoms with Gasteiger partial charge in [0.1, 0.15) is 0 Å². The number of rotatable bonds is 1. The van der Waals surface area contributed by atoms with Crippen LogP contribution >= 0.6 is 11.6 Å². The Morgan fingerprint density at radius 1 is 1.20 bits per heavy atom. The number of aliphatic hydroxyl groups excluding tert-OH is 1. The number of amides is 1. The zero-order valence-electron chi connectivity index (χ0n) is 9.98. The summed E-state index contributed by atoms with van der Waals surface area (Å²) in [6.45, 7) is 0. The third kappa shape index (κ3) is 1.78. The fourth-order valence-electron chi connectivity index (χ4n) is 2.26. The first-order valence-electron chi connectivity index (χ1n) is 5.76. The molecule has 102 valence electrons. The monoisotopic (exact) mass is 295 g/mol. The fourth-order valence-corrected chi connectivity index (χ4v) is 2.45. The Kier molecular flexibility index (Phi) is 2.96. The highest BCUT2D eigenvalue weighted by Crippen LogP contribution is 2.38. The molecule has 1 N–H and O–H groups in total. The van der Waals surface area contributed by atoms with Crippen LogP contribution in [-0.2, 0) is 0 Å².